The first kappa shape index (κ1) is 18.3. The van der Waals surface area contributed by atoms with Gasteiger partial charge in [0.25, 0.3) is 5.56 Å². The van der Waals surface area contributed by atoms with Crippen LogP contribution < -0.4 is 5.56 Å². The largest absolute Gasteiger partial charge is 0.417 e. The number of hydrogen-bond acceptors (Lipinski definition) is 2. The molecule has 0 radical (unpaired) electrons. The average Bonchev–Trinajstić information content (AvgIpc) is 3.04. The normalized spacial score (nSPS) is 11.9. The smallest absolute Gasteiger partial charge is 0.308 e. The minimum Gasteiger partial charge on any atom is -0.308 e. The fourth-order valence-electron chi connectivity index (χ4n) is 3.06. The molecule has 0 saturated carbocycles. The maximum Gasteiger partial charge on any atom is 0.417 e. The first-order chi connectivity index (χ1) is 13.3. The third-order valence-corrected chi connectivity index (χ3v) is 4.64. The second kappa shape index (κ2) is 6.83. The third-order valence-electron chi connectivity index (χ3n) is 4.37. The molecule has 4 rings (SSSR count). The number of aromatic nitrogens is 3. The van der Waals surface area contributed by atoms with Gasteiger partial charge in [0.1, 0.15) is 10.7 Å². The molecule has 8 heteroatoms. The van der Waals surface area contributed by atoms with Crippen LogP contribution in [0.2, 0.25) is 5.02 Å². The molecule has 0 amide bonds. The van der Waals surface area contributed by atoms with Crippen molar-refractivity contribution in [3.8, 4) is 11.3 Å². The van der Waals surface area contributed by atoms with Crippen molar-refractivity contribution in [3.05, 3.63) is 93.6 Å². The van der Waals surface area contributed by atoms with E-state index in [1.54, 1.807) is 22.7 Å². The van der Waals surface area contributed by atoms with Crippen molar-refractivity contribution in [2.24, 2.45) is 0 Å². The van der Waals surface area contributed by atoms with Crippen LogP contribution in [0.5, 0.6) is 0 Å². The van der Waals surface area contributed by atoms with Crippen molar-refractivity contribution in [1.82, 2.24) is 14.0 Å². The van der Waals surface area contributed by atoms with E-state index < -0.39 is 22.3 Å². The van der Waals surface area contributed by atoms with E-state index in [0.29, 0.717) is 23.1 Å². The predicted octanol–water partition coefficient (Wildman–Crippen LogP) is 4.88. The van der Waals surface area contributed by atoms with E-state index in [1.807, 2.05) is 36.4 Å². The molecule has 4 nitrogen and oxygen atoms in total. The molecule has 0 N–H and O–H groups in total. The van der Waals surface area contributed by atoms with Crippen LogP contribution in [-0.2, 0) is 12.7 Å². The molecule has 0 spiro atoms. The van der Waals surface area contributed by atoms with Gasteiger partial charge in [-0.05, 0) is 18.2 Å². The molecular formula is C20H13ClF3N3O. The molecule has 0 saturated heterocycles. The fourth-order valence-corrected chi connectivity index (χ4v) is 3.28. The van der Waals surface area contributed by atoms with Gasteiger partial charge in [-0.15, -0.1) is 0 Å². The summed E-state index contributed by atoms with van der Waals surface area (Å²) < 4.78 is 42.2. The summed E-state index contributed by atoms with van der Waals surface area (Å²) >= 11 is 5.78. The van der Waals surface area contributed by atoms with Gasteiger partial charge in [0.15, 0.2) is 0 Å². The van der Waals surface area contributed by atoms with Gasteiger partial charge in [0.05, 0.1) is 23.5 Å². The number of fused-ring (bicyclic) bond motifs is 1. The molecule has 0 bridgehead atoms. The molecule has 0 fully saturated rings. The van der Waals surface area contributed by atoms with E-state index in [1.165, 1.54) is 0 Å². The van der Waals surface area contributed by atoms with E-state index in [4.69, 9.17) is 11.6 Å². The Morgan fingerprint density at radius 1 is 1.04 bits per heavy atom. The highest BCUT2D eigenvalue weighted by atomic mass is 35.5. The van der Waals surface area contributed by atoms with Gasteiger partial charge < -0.3 is 8.97 Å². The lowest BCUT2D eigenvalue weighted by molar-refractivity contribution is -0.138. The molecule has 0 aliphatic rings. The van der Waals surface area contributed by atoms with Crippen molar-refractivity contribution in [1.29, 1.82) is 0 Å². The van der Waals surface area contributed by atoms with Gasteiger partial charge in [0, 0.05) is 18.0 Å². The molecule has 0 unspecified atom stereocenters. The van der Waals surface area contributed by atoms with E-state index in [9.17, 15) is 18.0 Å². The number of benzene rings is 1. The van der Waals surface area contributed by atoms with Crippen LogP contribution >= 0.6 is 11.6 Å². The molecule has 28 heavy (non-hydrogen) atoms. The minimum absolute atomic E-state index is 0.113. The van der Waals surface area contributed by atoms with Gasteiger partial charge in [-0.3, -0.25) is 4.79 Å². The maximum absolute atomic E-state index is 13.2. The van der Waals surface area contributed by atoms with Crippen molar-refractivity contribution in [2.75, 3.05) is 0 Å². The second-order valence-electron chi connectivity index (χ2n) is 6.21. The molecule has 0 aliphatic carbocycles. The van der Waals surface area contributed by atoms with Crippen LogP contribution in [-0.4, -0.2) is 14.0 Å². The van der Waals surface area contributed by atoms with Crippen molar-refractivity contribution in [2.45, 2.75) is 12.7 Å². The summed E-state index contributed by atoms with van der Waals surface area (Å²) in [6, 6.07) is 15.3. The van der Waals surface area contributed by atoms with E-state index in [-0.39, 0.29) is 6.54 Å². The first-order valence-electron chi connectivity index (χ1n) is 8.33. The lowest BCUT2D eigenvalue weighted by atomic mass is 10.1. The van der Waals surface area contributed by atoms with Gasteiger partial charge >= 0.3 is 6.18 Å². The summed E-state index contributed by atoms with van der Waals surface area (Å²) in [4.78, 5) is 17.0. The highest BCUT2D eigenvalue weighted by Gasteiger charge is 2.32. The lowest BCUT2D eigenvalue weighted by Gasteiger charge is -2.13. The van der Waals surface area contributed by atoms with Crippen molar-refractivity contribution < 1.29 is 13.2 Å². The Labute approximate surface area is 162 Å². The molecule has 0 atom stereocenters. The number of nitrogens with zero attached hydrogens (tertiary/aromatic N) is 3. The summed E-state index contributed by atoms with van der Waals surface area (Å²) in [5.41, 5.74) is 0.924. The molecule has 1 aromatic carbocycles. The number of hydrogen-bond donors (Lipinski definition) is 0. The zero-order chi connectivity index (χ0) is 19.9. The zero-order valence-electron chi connectivity index (χ0n) is 14.3. The predicted molar refractivity (Wildman–Crippen MR) is 100 cm³/mol. The van der Waals surface area contributed by atoms with Crippen LogP contribution in [0.3, 0.4) is 0 Å². The third kappa shape index (κ3) is 3.29. The topological polar surface area (TPSA) is 39.3 Å². The number of halogens is 4. The molecule has 0 aliphatic heterocycles. The molecule has 142 valence electrons. The zero-order valence-corrected chi connectivity index (χ0v) is 15.1. The fraction of sp³-hybridized carbons (Fsp3) is 0.100. The number of imidazole rings is 1. The van der Waals surface area contributed by atoms with Gasteiger partial charge in [-0.1, -0.05) is 48.0 Å². The van der Waals surface area contributed by atoms with Crippen LogP contribution in [0.1, 0.15) is 11.3 Å². The second-order valence-corrected chi connectivity index (χ2v) is 6.62. The number of rotatable bonds is 3. The minimum atomic E-state index is -4.61. The van der Waals surface area contributed by atoms with Crippen molar-refractivity contribution >= 4 is 17.2 Å². The van der Waals surface area contributed by atoms with Gasteiger partial charge in [0.2, 0.25) is 0 Å². The van der Waals surface area contributed by atoms with E-state index in [2.05, 4.69) is 4.98 Å². The Balaban J connectivity index is 1.92. The molecular weight excluding hydrogens is 391 g/mol. The standard InChI is InChI=1S/C20H13ClF3N3O/c21-15-10-14(20(22,23)24)11-26(19(15)28)12-16-18(13-6-2-1-3-7-13)25-17-8-4-5-9-27(16)17/h1-11H,12H2. The summed E-state index contributed by atoms with van der Waals surface area (Å²) in [5, 5.41) is -0.482. The number of pyridine rings is 2. The maximum atomic E-state index is 13.2. The first-order valence-corrected chi connectivity index (χ1v) is 8.71. The Hall–Kier alpha value is -3.06. The van der Waals surface area contributed by atoms with E-state index in [0.717, 1.165) is 16.3 Å². The number of alkyl halides is 3. The van der Waals surface area contributed by atoms with Crippen LogP contribution in [0.4, 0.5) is 13.2 Å². The highest BCUT2D eigenvalue weighted by molar-refractivity contribution is 6.30. The highest BCUT2D eigenvalue weighted by Crippen LogP contribution is 2.30. The molecule has 3 aromatic heterocycles. The summed E-state index contributed by atoms with van der Waals surface area (Å²) in [6.07, 6.45) is -2.07. The molecule has 4 aromatic rings. The summed E-state index contributed by atoms with van der Waals surface area (Å²) in [7, 11) is 0. The van der Waals surface area contributed by atoms with Gasteiger partial charge in [-0.2, -0.15) is 13.2 Å². The quantitative estimate of drug-likeness (QED) is 0.489. The van der Waals surface area contributed by atoms with Crippen LogP contribution in [0, 0.1) is 0 Å². The van der Waals surface area contributed by atoms with E-state index >= 15 is 0 Å². The summed E-state index contributed by atoms with van der Waals surface area (Å²) in [5.74, 6) is 0. The van der Waals surface area contributed by atoms with Gasteiger partial charge in [-0.25, -0.2) is 4.98 Å². The molecule has 3 heterocycles. The van der Waals surface area contributed by atoms with Crippen LogP contribution in [0.15, 0.2) is 71.8 Å². The lowest BCUT2D eigenvalue weighted by Crippen LogP contribution is -2.24. The Morgan fingerprint density at radius 2 is 1.75 bits per heavy atom. The average molecular weight is 404 g/mol. The Kier molecular flexibility index (Phi) is 4.47. The summed E-state index contributed by atoms with van der Waals surface area (Å²) in [6.45, 7) is -0.113. The van der Waals surface area contributed by atoms with Crippen molar-refractivity contribution in [3.63, 3.8) is 0 Å². The Morgan fingerprint density at radius 3 is 2.46 bits per heavy atom. The SMILES string of the molecule is O=c1c(Cl)cc(C(F)(F)F)cn1Cc1c(-c2ccccc2)nc2ccccn12. The Bertz CT molecular complexity index is 1210. The monoisotopic (exact) mass is 403 g/mol. The van der Waals surface area contributed by atoms with Crippen LogP contribution in [0.25, 0.3) is 16.9 Å².